The van der Waals surface area contributed by atoms with E-state index in [0.717, 1.165) is 34.2 Å². The molecule has 8 heteroatoms. The summed E-state index contributed by atoms with van der Waals surface area (Å²) < 4.78 is 29.3. The van der Waals surface area contributed by atoms with Crippen molar-refractivity contribution in [2.24, 2.45) is 5.92 Å². The summed E-state index contributed by atoms with van der Waals surface area (Å²) >= 11 is 7.98. The van der Waals surface area contributed by atoms with Crippen molar-refractivity contribution < 1.29 is 8.42 Å². The van der Waals surface area contributed by atoms with Gasteiger partial charge in [0.2, 0.25) is 0 Å². The maximum atomic E-state index is 12.7. The van der Waals surface area contributed by atoms with E-state index in [4.69, 9.17) is 0 Å². The van der Waals surface area contributed by atoms with Gasteiger partial charge >= 0.3 is 0 Å². The average Bonchev–Trinajstić information content (AvgIpc) is 2.81. The van der Waals surface area contributed by atoms with Crippen LogP contribution in [0.25, 0.3) is 0 Å². The molecule has 1 unspecified atom stereocenters. The van der Waals surface area contributed by atoms with Gasteiger partial charge in [0, 0.05) is 13.8 Å². The molecule has 1 heterocycles. The van der Waals surface area contributed by atoms with Crippen LogP contribution in [0.15, 0.2) is 32.0 Å². The maximum absolute atomic E-state index is 12.7. The van der Waals surface area contributed by atoms with E-state index in [9.17, 15) is 13.7 Å². The molecule has 1 aromatic heterocycles. The summed E-state index contributed by atoms with van der Waals surface area (Å²) in [7, 11) is -3.76. The zero-order valence-electron chi connectivity index (χ0n) is 12.8. The summed E-state index contributed by atoms with van der Waals surface area (Å²) in [5.74, 6) is 0.563. The number of hydrogen-bond acceptors (Lipinski definition) is 4. The average molecular weight is 490 g/mol. The van der Waals surface area contributed by atoms with Gasteiger partial charge in [0.05, 0.1) is 5.56 Å². The van der Waals surface area contributed by atoms with E-state index in [1.54, 1.807) is 12.1 Å². The smallest absolute Gasteiger partial charge is 0.263 e. The number of anilines is 1. The summed E-state index contributed by atoms with van der Waals surface area (Å²) in [5, 5.41) is 9.92. The molecular formula is C16H14Br2N2O2S2. The second kappa shape index (κ2) is 6.79. The first-order chi connectivity index (χ1) is 11.3. The number of nitrogens with one attached hydrogen (secondary N) is 1. The number of sulfonamides is 1. The van der Waals surface area contributed by atoms with Gasteiger partial charge in [-0.1, -0.05) is 22.9 Å². The Bertz CT molecular complexity index is 946. The van der Waals surface area contributed by atoms with Gasteiger partial charge in [0.1, 0.15) is 16.0 Å². The molecule has 4 nitrogen and oxygen atoms in total. The summed E-state index contributed by atoms with van der Waals surface area (Å²) in [4.78, 5) is 1.27. The molecule has 1 N–H and O–H groups in total. The normalized spacial score (nSPS) is 17.2. The molecule has 0 saturated carbocycles. The Balaban J connectivity index is 2.00. The van der Waals surface area contributed by atoms with Crippen molar-refractivity contribution in [2.45, 2.75) is 31.1 Å². The van der Waals surface area contributed by atoms with Crippen molar-refractivity contribution in [1.29, 1.82) is 5.26 Å². The fraction of sp³-hybridized carbons (Fsp3) is 0.312. The van der Waals surface area contributed by atoms with Gasteiger partial charge in [-0.25, -0.2) is 8.42 Å². The Morgan fingerprint density at radius 3 is 2.79 bits per heavy atom. The van der Waals surface area contributed by atoms with Crippen molar-refractivity contribution in [3.8, 4) is 6.07 Å². The summed E-state index contributed by atoms with van der Waals surface area (Å²) in [6.45, 7) is 2.18. The highest BCUT2D eigenvalue weighted by atomic mass is 79.9. The van der Waals surface area contributed by atoms with E-state index in [-0.39, 0.29) is 4.90 Å². The Morgan fingerprint density at radius 2 is 2.12 bits per heavy atom. The van der Waals surface area contributed by atoms with Crippen LogP contribution in [0.3, 0.4) is 0 Å². The summed E-state index contributed by atoms with van der Waals surface area (Å²) in [6, 6.07) is 7.06. The van der Waals surface area contributed by atoms with Crippen LogP contribution in [-0.4, -0.2) is 8.42 Å². The molecule has 24 heavy (non-hydrogen) atoms. The first-order valence-corrected chi connectivity index (χ1v) is 11.2. The molecule has 0 saturated heterocycles. The third kappa shape index (κ3) is 3.40. The first-order valence-electron chi connectivity index (χ1n) is 7.34. The van der Waals surface area contributed by atoms with E-state index in [1.165, 1.54) is 17.4 Å². The van der Waals surface area contributed by atoms with Crippen LogP contribution in [0.1, 0.15) is 29.3 Å². The maximum Gasteiger partial charge on any atom is 0.263 e. The standard InChI is InChI=1S/C16H14Br2N2O2S2/c1-9-2-4-11-12(8-19)16(23-14(11)6-9)20-24(21,22)15-5-3-10(17)7-13(15)18/h3,5,7,9,20H,2,4,6H2,1H3. The minimum atomic E-state index is -3.76. The topological polar surface area (TPSA) is 70.0 Å². The molecule has 0 bridgehead atoms. The van der Waals surface area contributed by atoms with Crippen LogP contribution >= 0.6 is 43.2 Å². The Kier molecular flexibility index (Phi) is 5.07. The summed E-state index contributed by atoms with van der Waals surface area (Å²) in [5.41, 5.74) is 1.48. The largest absolute Gasteiger partial charge is 0.269 e. The molecule has 0 aliphatic heterocycles. The lowest BCUT2D eigenvalue weighted by Crippen LogP contribution is -2.13. The zero-order valence-corrected chi connectivity index (χ0v) is 17.6. The minimum absolute atomic E-state index is 0.148. The van der Waals surface area contributed by atoms with Crippen molar-refractivity contribution in [2.75, 3.05) is 4.72 Å². The second-order valence-corrected chi connectivity index (χ2v) is 10.4. The molecule has 0 fully saturated rings. The molecule has 1 atom stereocenters. The fourth-order valence-corrected chi connectivity index (χ4v) is 7.22. The van der Waals surface area contributed by atoms with Crippen molar-refractivity contribution >= 4 is 58.2 Å². The molecule has 3 rings (SSSR count). The molecule has 1 aliphatic rings. The van der Waals surface area contributed by atoms with Crippen molar-refractivity contribution in [3.05, 3.63) is 43.1 Å². The van der Waals surface area contributed by atoms with Gasteiger partial charge < -0.3 is 0 Å². The van der Waals surface area contributed by atoms with Crippen LogP contribution < -0.4 is 4.72 Å². The quantitative estimate of drug-likeness (QED) is 0.654. The molecular weight excluding hydrogens is 476 g/mol. The number of halogens is 2. The van der Waals surface area contributed by atoms with E-state index >= 15 is 0 Å². The Morgan fingerprint density at radius 1 is 1.38 bits per heavy atom. The molecule has 0 radical (unpaired) electrons. The van der Waals surface area contributed by atoms with Crippen molar-refractivity contribution in [3.63, 3.8) is 0 Å². The molecule has 1 aliphatic carbocycles. The number of thiophene rings is 1. The minimum Gasteiger partial charge on any atom is -0.269 e. The highest BCUT2D eigenvalue weighted by Gasteiger charge is 2.27. The first kappa shape index (κ1) is 17.9. The van der Waals surface area contributed by atoms with Gasteiger partial charge in [-0.05, 0) is 64.9 Å². The highest BCUT2D eigenvalue weighted by molar-refractivity contribution is 9.11. The number of hydrogen-bond donors (Lipinski definition) is 1. The van der Waals surface area contributed by atoms with Gasteiger partial charge in [-0.3, -0.25) is 4.72 Å². The van der Waals surface area contributed by atoms with Crippen LogP contribution in [0.5, 0.6) is 0 Å². The van der Waals surface area contributed by atoms with E-state index < -0.39 is 10.0 Å². The molecule has 0 spiro atoms. The third-order valence-electron chi connectivity index (χ3n) is 4.03. The van der Waals surface area contributed by atoms with Gasteiger partial charge in [-0.15, -0.1) is 11.3 Å². The lowest BCUT2D eigenvalue weighted by atomic mass is 9.89. The highest BCUT2D eigenvalue weighted by Crippen LogP contribution is 2.40. The van der Waals surface area contributed by atoms with Crippen molar-refractivity contribution in [1.82, 2.24) is 0 Å². The van der Waals surface area contributed by atoms with Crippen LogP contribution in [0, 0.1) is 17.2 Å². The van der Waals surface area contributed by atoms with E-state index in [2.05, 4.69) is 49.6 Å². The third-order valence-corrected chi connectivity index (χ3v) is 8.15. The predicted molar refractivity (Wildman–Crippen MR) is 103 cm³/mol. The number of benzene rings is 1. The number of fused-ring (bicyclic) bond motifs is 1. The van der Waals surface area contributed by atoms with Gasteiger partial charge in [0.25, 0.3) is 10.0 Å². The Hall–Kier alpha value is -0.880. The monoisotopic (exact) mass is 488 g/mol. The molecule has 1 aromatic carbocycles. The number of rotatable bonds is 3. The van der Waals surface area contributed by atoms with Crippen LogP contribution in [-0.2, 0) is 22.9 Å². The zero-order chi connectivity index (χ0) is 17.5. The summed E-state index contributed by atoms with van der Waals surface area (Å²) in [6.07, 6.45) is 2.76. The van der Waals surface area contributed by atoms with Crippen LogP contribution in [0.2, 0.25) is 0 Å². The molecule has 2 aromatic rings. The second-order valence-electron chi connectivity index (χ2n) is 5.85. The van der Waals surface area contributed by atoms with Crippen LogP contribution in [0.4, 0.5) is 5.00 Å². The van der Waals surface area contributed by atoms with E-state index in [1.807, 2.05) is 0 Å². The fourth-order valence-electron chi connectivity index (χ4n) is 2.81. The Labute approximate surface area is 162 Å². The molecule has 0 amide bonds. The molecule has 126 valence electrons. The predicted octanol–water partition coefficient (Wildman–Crippen LogP) is 5.07. The van der Waals surface area contributed by atoms with Gasteiger partial charge in [0.15, 0.2) is 0 Å². The number of nitrogens with zero attached hydrogens (tertiary/aromatic N) is 1. The lowest BCUT2D eigenvalue weighted by molar-refractivity contribution is 0.507. The van der Waals surface area contributed by atoms with E-state index in [0.29, 0.717) is 21.0 Å². The van der Waals surface area contributed by atoms with Gasteiger partial charge in [-0.2, -0.15) is 5.26 Å². The lowest BCUT2D eigenvalue weighted by Gasteiger charge is -2.17. The number of nitriles is 1. The SMILES string of the molecule is CC1CCc2c(sc(NS(=O)(=O)c3ccc(Br)cc3Br)c2C#N)C1.